The molecule has 0 aliphatic heterocycles. The third-order valence-corrected chi connectivity index (χ3v) is 4.87. The van der Waals surface area contributed by atoms with E-state index in [1.165, 1.54) is 19.2 Å². The molecule has 0 unspecified atom stereocenters. The van der Waals surface area contributed by atoms with E-state index in [-0.39, 0.29) is 22.9 Å². The molecule has 2 aromatic rings. The number of aromatic hydroxyl groups is 1. The van der Waals surface area contributed by atoms with Gasteiger partial charge in [0.2, 0.25) is 10.0 Å². The van der Waals surface area contributed by atoms with E-state index in [4.69, 9.17) is 5.73 Å². The van der Waals surface area contributed by atoms with E-state index >= 15 is 0 Å². The van der Waals surface area contributed by atoms with Gasteiger partial charge in [0, 0.05) is 19.2 Å². The van der Waals surface area contributed by atoms with E-state index in [2.05, 4.69) is 0 Å². The van der Waals surface area contributed by atoms with Crippen LogP contribution >= 0.6 is 0 Å². The van der Waals surface area contributed by atoms with Gasteiger partial charge in [0.25, 0.3) is 0 Å². The first-order chi connectivity index (χ1) is 9.43. The molecule has 0 spiro atoms. The fourth-order valence-corrected chi connectivity index (χ4v) is 3.11. The highest BCUT2D eigenvalue weighted by Crippen LogP contribution is 2.24. The summed E-state index contributed by atoms with van der Waals surface area (Å²) in [5.74, 6) is 0.0654. The minimum absolute atomic E-state index is 0.0654. The van der Waals surface area contributed by atoms with Gasteiger partial charge in [-0.1, -0.05) is 30.3 Å². The second kappa shape index (κ2) is 5.52. The van der Waals surface area contributed by atoms with E-state index in [0.717, 1.165) is 4.31 Å². The van der Waals surface area contributed by atoms with Gasteiger partial charge in [-0.15, -0.1) is 0 Å². The number of phenols is 1. The number of nitrogens with zero attached hydrogens (tertiary/aromatic N) is 1. The first-order valence-electron chi connectivity index (χ1n) is 6.00. The molecule has 0 atom stereocenters. The molecule has 5 nitrogen and oxygen atoms in total. The number of hydrogen-bond donors (Lipinski definition) is 2. The van der Waals surface area contributed by atoms with Crippen molar-refractivity contribution >= 4 is 15.7 Å². The molecule has 0 heterocycles. The van der Waals surface area contributed by atoms with Crippen LogP contribution in [0.15, 0.2) is 53.4 Å². The molecule has 0 saturated carbocycles. The van der Waals surface area contributed by atoms with Crippen LogP contribution in [-0.4, -0.2) is 24.9 Å². The van der Waals surface area contributed by atoms with Crippen LogP contribution in [-0.2, 0) is 16.6 Å². The van der Waals surface area contributed by atoms with Crippen molar-refractivity contribution in [2.24, 2.45) is 0 Å². The molecule has 20 heavy (non-hydrogen) atoms. The Hall–Kier alpha value is -2.05. The SMILES string of the molecule is CN(Cc1ccccc1O)S(=O)(=O)c1ccccc1N. The monoisotopic (exact) mass is 292 g/mol. The van der Waals surface area contributed by atoms with Crippen LogP contribution < -0.4 is 5.73 Å². The number of rotatable bonds is 4. The standard InChI is InChI=1S/C14H16N2O3S/c1-16(10-11-6-2-4-8-13(11)17)20(18,19)14-9-5-3-7-12(14)15/h2-9,17H,10,15H2,1H3. The lowest BCUT2D eigenvalue weighted by atomic mass is 10.2. The lowest BCUT2D eigenvalue weighted by molar-refractivity contribution is 0.436. The Morgan fingerprint density at radius 1 is 1.10 bits per heavy atom. The van der Waals surface area contributed by atoms with Gasteiger partial charge in [-0.05, 0) is 18.2 Å². The zero-order valence-electron chi connectivity index (χ0n) is 11.0. The van der Waals surface area contributed by atoms with Crippen molar-refractivity contribution in [2.75, 3.05) is 12.8 Å². The molecule has 0 saturated heterocycles. The lowest BCUT2D eigenvalue weighted by Gasteiger charge is -2.18. The maximum atomic E-state index is 12.4. The predicted molar refractivity (Wildman–Crippen MR) is 77.6 cm³/mol. The molecule has 0 aliphatic carbocycles. The molecule has 106 valence electrons. The van der Waals surface area contributed by atoms with Crippen molar-refractivity contribution in [2.45, 2.75) is 11.4 Å². The zero-order valence-corrected chi connectivity index (χ0v) is 11.8. The van der Waals surface area contributed by atoms with Gasteiger partial charge in [-0.25, -0.2) is 8.42 Å². The number of nitrogens with two attached hydrogens (primary N) is 1. The largest absolute Gasteiger partial charge is 0.508 e. The molecule has 0 aliphatic rings. The zero-order chi connectivity index (χ0) is 14.8. The van der Waals surface area contributed by atoms with Crippen LogP contribution in [0.5, 0.6) is 5.75 Å². The molecule has 3 N–H and O–H groups in total. The van der Waals surface area contributed by atoms with Crippen molar-refractivity contribution in [3.05, 3.63) is 54.1 Å². The Bertz CT molecular complexity index is 714. The number of phenolic OH excluding ortho intramolecular Hbond substituents is 1. The Morgan fingerprint density at radius 3 is 2.35 bits per heavy atom. The Labute approximate surface area is 118 Å². The van der Waals surface area contributed by atoms with Gasteiger partial charge in [0.15, 0.2) is 0 Å². The summed E-state index contributed by atoms with van der Waals surface area (Å²) in [4.78, 5) is 0.0675. The number of para-hydroxylation sites is 2. The minimum Gasteiger partial charge on any atom is -0.508 e. The highest BCUT2D eigenvalue weighted by molar-refractivity contribution is 7.89. The average molecular weight is 292 g/mol. The summed E-state index contributed by atoms with van der Waals surface area (Å²) in [6.45, 7) is 0.0728. The van der Waals surface area contributed by atoms with Crippen LogP contribution in [0.3, 0.4) is 0 Å². The van der Waals surface area contributed by atoms with Crippen LogP contribution in [0, 0.1) is 0 Å². The molecule has 2 rings (SSSR count). The van der Waals surface area contributed by atoms with E-state index in [0.29, 0.717) is 5.56 Å². The molecule has 0 aromatic heterocycles. The highest BCUT2D eigenvalue weighted by Gasteiger charge is 2.23. The van der Waals surface area contributed by atoms with Crippen LogP contribution in [0.4, 0.5) is 5.69 Å². The van der Waals surface area contributed by atoms with Crippen molar-refractivity contribution < 1.29 is 13.5 Å². The number of nitrogen functional groups attached to an aromatic ring is 1. The molecule has 0 radical (unpaired) electrons. The maximum Gasteiger partial charge on any atom is 0.245 e. The molecule has 0 fully saturated rings. The molecular formula is C14H16N2O3S. The van der Waals surface area contributed by atoms with Gasteiger partial charge in [-0.2, -0.15) is 4.31 Å². The summed E-state index contributed by atoms with van der Waals surface area (Å²) in [6, 6.07) is 12.9. The normalized spacial score (nSPS) is 11.7. The van der Waals surface area contributed by atoms with Gasteiger partial charge in [0.05, 0.1) is 5.69 Å². The molecule has 2 aromatic carbocycles. The van der Waals surface area contributed by atoms with E-state index < -0.39 is 10.0 Å². The fourth-order valence-electron chi connectivity index (χ4n) is 1.85. The Kier molecular flexibility index (Phi) is 3.96. The van der Waals surface area contributed by atoms with Gasteiger partial charge in [-0.3, -0.25) is 0 Å². The molecule has 0 bridgehead atoms. The summed E-state index contributed by atoms with van der Waals surface area (Å²) in [7, 11) is -2.23. The smallest absolute Gasteiger partial charge is 0.245 e. The summed E-state index contributed by atoms with van der Waals surface area (Å²) in [5.41, 5.74) is 6.45. The van der Waals surface area contributed by atoms with E-state index in [9.17, 15) is 13.5 Å². The van der Waals surface area contributed by atoms with Crippen molar-refractivity contribution in [3.63, 3.8) is 0 Å². The Morgan fingerprint density at radius 2 is 1.70 bits per heavy atom. The van der Waals surface area contributed by atoms with Crippen LogP contribution in [0.1, 0.15) is 5.56 Å². The predicted octanol–water partition coefficient (Wildman–Crippen LogP) is 1.80. The molecule has 6 heteroatoms. The third-order valence-electron chi connectivity index (χ3n) is 2.99. The topological polar surface area (TPSA) is 83.6 Å². The summed E-state index contributed by atoms with van der Waals surface area (Å²) in [6.07, 6.45) is 0. The minimum atomic E-state index is -3.69. The summed E-state index contributed by atoms with van der Waals surface area (Å²) >= 11 is 0. The van der Waals surface area contributed by atoms with Crippen molar-refractivity contribution in [1.82, 2.24) is 4.31 Å². The summed E-state index contributed by atoms with van der Waals surface area (Å²) < 4.78 is 26.0. The second-order valence-electron chi connectivity index (χ2n) is 4.43. The first kappa shape index (κ1) is 14.4. The van der Waals surface area contributed by atoms with E-state index in [1.54, 1.807) is 36.4 Å². The van der Waals surface area contributed by atoms with Crippen molar-refractivity contribution in [1.29, 1.82) is 0 Å². The Balaban J connectivity index is 2.31. The van der Waals surface area contributed by atoms with Crippen LogP contribution in [0.2, 0.25) is 0 Å². The highest BCUT2D eigenvalue weighted by atomic mass is 32.2. The first-order valence-corrected chi connectivity index (χ1v) is 7.44. The molecule has 0 amide bonds. The number of sulfonamides is 1. The van der Waals surface area contributed by atoms with E-state index in [1.807, 2.05) is 0 Å². The van der Waals surface area contributed by atoms with Crippen LogP contribution in [0.25, 0.3) is 0 Å². The van der Waals surface area contributed by atoms with Gasteiger partial charge in [0.1, 0.15) is 10.6 Å². The maximum absolute atomic E-state index is 12.4. The summed E-state index contributed by atoms with van der Waals surface area (Å²) in [5, 5.41) is 9.70. The van der Waals surface area contributed by atoms with Gasteiger partial charge < -0.3 is 10.8 Å². The van der Waals surface area contributed by atoms with Gasteiger partial charge >= 0.3 is 0 Å². The fraction of sp³-hybridized carbons (Fsp3) is 0.143. The second-order valence-corrected chi connectivity index (χ2v) is 6.44. The molecular weight excluding hydrogens is 276 g/mol. The number of hydrogen-bond acceptors (Lipinski definition) is 4. The lowest BCUT2D eigenvalue weighted by Crippen LogP contribution is -2.27. The van der Waals surface area contributed by atoms with Crippen molar-refractivity contribution in [3.8, 4) is 5.75 Å². The average Bonchev–Trinajstić information content (AvgIpc) is 2.41. The third kappa shape index (κ3) is 2.76. The number of benzene rings is 2. The quantitative estimate of drug-likeness (QED) is 0.842. The number of anilines is 1.